The van der Waals surface area contributed by atoms with Crippen molar-refractivity contribution in [3.63, 3.8) is 0 Å². The molecule has 1 aromatic carbocycles. The van der Waals surface area contributed by atoms with E-state index < -0.39 is 12.0 Å². The van der Waals surface area contributed by atoms with Gasteiger partial charge in [-0.2, -0.15) is 0 Å². The van der Waals surface area contributed by atoms with E-state index in [4.69, 9.17) is 0 Å². The van der Waals surface area contributed by atoms with E-state index in [2.05, 4.69) is 5.32 Å². The molecule has 1 aliphatic heterocycles. The molecule has 1 fully saturated rings. The number of nitrogens with one attached hydrogen (secondary N) is 1. The minimum atomic E-state index is -1.25. The Morgan fingerprint density at radius 3 is 2.87 bits per heavy atom. The maximum absolute atomic E-state index is 13.5. The summed E-state index contributed by atoms with van der Waals surface area (Å²) in [6.45, 7) is 2.32. The first kappa shape index (κ1) is 10.6. The van der Waals surface area contributed by atoms with E-state index in [9.17, 15) is 8.78 Å². The van der Waals surface area contributed by atoms with Crippen molar-refractivity contribution in [3.05, 3.63) is 35.1 Å². The van der Waals surface area contributed by atoms with Crippen molar-refractivity contribution in [3.8, 4) is 0 Å². The van der Waals surface area contributed by atoms with Gasteiger partial charge in [0.05, 0.1) is 0 Å². The van der Waals surface area contributed by atoms with Crippen molar-refractivity contribution in [2.45, 2.75) is 32.0 Å². The van der Waals surface area contributed by atoms with Crippen LogP contribution < -0.4 is 5.32 Å². The van der Waals surface area contributed by atoms with E-state index in [1.807, 2.05) is 6.07 Å². The molecule has 0 radical (unpaired) electrons. The molecule has 2 rings (SSSR count). The van der Waals surface area contributed by atoms with Crippen LogP contribution in [0.1, 0.15) is 43.1 Å². The predicted molar refractivity (Wildman–Crippen MR) is 55.9 cm³/mol. The molecule has 0 amide bonds. The van der Waals surface area contributed by atoms with Gasteiger partial charge in [0.15, 0.2) is 0 Å². The van der Waals surface area contributed by atoms with Crippen LogP contribution in [0.5, 0.6) is 0 Å². The van der Waals surface area contributed by atoms with Crippen LogP contribution in [0.4, 0.5) is 8.78 Å². The Hall–Kier alpha value is -0.960. The largest absolute Gasteiger partial charge is 0.310 e. The maximum atomic E-state index is 13.5. The fourth-order valence-corrected chi connectivity index (χ4v) is 2.23. The second-order valence-electron chi connectivity index (χ2n) is 4.01. The molecule has 3 heteroatoms. The molecule has 1 aromatic rings. The Bertz CT molecular complexity index is 343. The SMILES string of the molecule is CC(F)c1c(F)cccc1C1CCCN1. The molecular formula is C12H15F2N. The van der Waals surface area contributed by atoms with Crippen molar-refractivity contribution < 1.29 is 8.78 Å². The standard InChI is InChI=1S/C12H15F2N/c1-8(13)12-9(4-2-5-10(12)14)11-6-3-7-15-11/h2,4-5,8,11,15H,3,6-7H2,1H3. The lowest BCUT2D eigenvalue weighted by Crippen LogP contribution is -2.15. The van der Waals surface area contributed by atoms with Gasteiger partial charge in [0.2, 0.25) is 0 Å². The molecule has 1 nitrogen and oxygen atoms in total. The predicted octanol–water partition coefficient (Wildman–Crippen LogP) is 3.28. The number of rotatable bonds is 2. The second kappa shape index (κ2) is 4.27. The van der Waals surface area contributed by atoms with Gasteiger partial charge in [-0.1, -0.05) is 12.1 Å². The lowest BCUT2D eigenvalue weighted by Gasteiger charge is -2.17. The zero-order valence-electron chi connectivity index (χ0n) is 8.76. The van der Waals surface area contributed by atoms with Crippen molar-refractivity contribution in [2.24, 2.45) is 0 Å². The highest BCUT2D eigenvalue weighted by Crippen LogP contribution is 2.32. The summed E-state index contributed by atoms with van der Waals surface area (Å²) in [6, 6.07) is 4.91. The Morgan fingerprint density at radius 1 is 1.47 bits per heavy atom. The number of hydrogen-bond acceptors (Lipinski definition) is 1. The highest BCUT2D eigenvalue weighted by atomic mass is 19.1. The van der Waals surface area contributed by atoms with E-state index in [1.165, 1.54) is 13.0 Å². The first-order valence-electron chi connectivity index (χ1n) is 5.36. The van der Waals surface area contributed by atoms with Gasteiger partial charge >= 0.3 is 0 Å². The average molecular weight is 211 g/mol. The van der Waals surface area contributed by atoms with Crippen LogP contribution in [-0.4, -0.2) is 6.54 Å². The normalized spacial score (nSPS) is 23.0. The lowest BCUT2D eigenvalue weighted by atomic mass is 9.96. The molecule has 82 valence electrons. The molecule has 15 heavy (non-hydrogen) atoms. The first-order chi connectivity index (χ1) is 7.20. The van der Waals surface area contributed by atoms with Gasteiger partial charge in [-0.05, 0) is 37.9 Å². The fraction of sp³-hybridized carbons (Fsp3) is 0.500. The number of hydrogen-bond donors (Lipinski definition) is 1. The number of benzene rings is 1. The van der Waals surface area contributed by atoms with E-state index >= 15 is 0 Å². The quantitative estimate of drug-likeness (QED) is 0.791. The second-order valence-corrected chi connectivity index (χ2v) is 4.01. The van der Waals surface area contributed by atoms with E-state index in [0.29, 0.717) is 0 Å². The third-order valence-electron chi connectivity index (χ3n) is 2.92. The van der Waals surface area contributed by atoms with Crippen LogP contribution in [0.3, 0.4) is 0 Å². The van der Waals surface area contributed by atoms with E-state index in [-0.39, 0.29) is 11.6 Å². The van der Waals surface area contributed by atoms with Gasteiger partial charge in [0.25, 0.3) is 0 Å². The number of halogens is 2. The number of alkyl halides is 1. The summed E-state index contributed by atoms with van der Waals surface area (Å²) in [7, 11) is 0. The van der Waals surface area contributed by atoms with Crippen molar-refractivity contribution >= 4 is 0 Å². The van der Waals surface area contributed by atoms with Gasteiger partial charge in [-0.15, -0.1) is 0 Å². The first-order valence-corrected chi connectivity index (χ1v) is 5.36. The summed E-state index contributed by atoms with van der Waals surface area (Å²) in [4.78, 5) is 0. The van der Waals surface area contributed by atoms with Gasteiger partial charge in [0, 0.05) is 11.6 Å². The van der Waals surface area contributed by atoms with Crippen LogP contribution in [-0.2, 0) is 0 Å². The summed E-state index contributed by atoms with van der Waals surface area (Å²) in [6.07, 6.45) is 0.786. The molecule has 2 unspecified atom stereocenters. The van der Waals surface area contributed by atoms with Gasteiger partial charge in [-0.3, -0.25) is 0 Å². The Labute approximate surface area is 88.5 Å². The summed E-state index contributed by atoms with van der Waals surface area (Å²) in [5, 5.41) is 3.26. The third kappa shape index (κ3) is 2.02. The maximum Gasteiger partial charge on any atom is 0.129 e. The van der Waals surface area contributed by atoms with E-state index in [1.54, 1.807) is 6.07 Å². The molecule has 0 aliphatic carbocycles. The molecule has 0 aromatic heterocycles. The summed E-state index contributed by atoms with van der Waals surface area (Å²) in [5.74, 6) is -0.434. The third-order valence-corrected chi connectivity index (χ3v) is 2.92. The molecule has 0 saturated carbocycles. The molecule has 0 bridgehead atoms. The van der Waals surface area contributed by atoms with Crippen LogP contribution in [0.25, 0.3) is 0 Å². The topological polar surface area (TPSA) is 12.0 Å². The molecular weight excluding hydrogens is 196 g/mol. The minimum absolute atomic E-state index is 0.119. The molecule has 1 saturated heterocycles. The monoisotopic (exact) mass is 211 g/mol. The highest BCUT2D eigenvalue weighted by molar-refractivity contribution is 5.33. The summed E-state index contributed by atoms with van der Waals surface area (Å²) >= 11 is 0. The van der Waals surface area contributed by atoms with E-state index in [0.717, 1.165) is 24.9 Å². The average Bonchev–Trinajstić information content (AvgIpc) is 2.69. The van der Waals surface area contributed by atoms with Gasteiger partial charge < -0.3 is 5.32 Å². The summed E-state index contributed by atoms with van der Waals surface area (Å²) in [5.41, 5.74) is 0.999. The van der Waals surface area contributed by atoms with Crippen molar-refractivity contribution in [1.82, 2.24) is 5.32 Å². The Kier molecular flexibility index (Phi) is 3.00. The van der Waals surface area contributed by atoms with Crippen LogP contribution in [0.15, 0.2) is 18.2 Å². The smallest absolute Gasteiger partial charge is 0.129 e. The fourth-order valence-electron chi connectivity index (χ4n) is 2.23. The molecule has 1 heterocycles. The van der Waals surface area contributed by atoms with Gasteiger partial charge in [-0.25, -0.2) is 8.78 Å². The minimum Gasteiger partial charge on any atom is -0.310 e. The van der Waals surface area contributed by atoms with Gasteiger partial charge in [0.1, 0.15) is 12.0 Å². The molecule has 0 spiro atoms. The Balaban J connectivity index is 2.40. The lowest BCUT2D eigenvalue weighted by molar-refractivity contribution is 0.356. The molecule has 1 aliphatic rings. The van der Waals surface area contributed by atoms with Crippen LogP contribution >= 0.6 is 0 Å². The van der Waals surface area contributed by atoms with Crippen LogP contribution in [0, 0.1) is 5.82 Å². The molecule has 2 atom stereocenters. The molecule has 1 N–H and O–H groups in total. The zero-order valence-corrected chi connectivity index (χ0v) is 8.76. The Morgan fingerprint density at radius 2 is 2.27 bits per heavy atom. The highest BCUT2D eigenvalue weighted by Gasteiger charge is 2.23. The summed E-state index contributed by atoms with van der Waals surface area (Å²) < 4.78 is 26.8. The van der Waals surface area contributed by atoms with Crippen molar-refractivity contribution in [2.75, 3.05) is 6.54 Å². The van der Waals surface area contributed by atoms with Crippen molar-refractivity contribution in [1.29, 1.82) is 0 Å². The van der Waals surface area contributed by atoms with Crippen LogP contribution in [0.2, 0.25) is 0 Å². The zero-order chi connectivity index (χ0) is 10.8.